The van der Waals surface area contributed by atoms with Crippen LogP contribution in [0.2, 0.25) is 0 Å². The molecule has 0 fully saturated rings. The van der Waals surface area contributed by atoms with Gasteiger partial charge in [-0.15, -0.1) is 0 Å². The van der Waals surface area contributed by atoms with E-state index in [1.807, 2.05) is 0 Å². The van der Waals surface area contributed by atoms with E-state index in [0.717, 1.165) is 6.42 Å². The minimum atomic E-state index is -0.172. The molecular weight excluding hydrogens is 579 g/mol. The molecule has 1 unspecified atom stereocenters. The van der Waals surface area contributed by atoms with Crippen molar-refractivity contribution in [1.82, 2.24) is 4.57 Å². The molecule has 0 aliphatic heterocycles. The molecule has 0 N–H and O–H groups in total. The number of allylic oxidation sites excluding steroid dienone is 4. The van der Waals surface area contributed by atoms with E-state index in [2.05, 4.69) is 181 Å². The highest BCUT2D eigenvalue weighted by Crippen LogP contribution is 2.50. The molecular formula is C47H33N. The van der Waals surface area contributed by atoms with E-state index in [0.29, 0.717) is 0 Å². The van der Waals surface area contributed by atoms with Crippen molar-refractivity contribution < 1.29 is 0 Å². The molecule has 1 aromatic heterocycles. The van der Waals surface area contributed by atoms with E-state index < -0.39 is 0 Å². The van der Waals surface area contributed by atoms with Gasteiger partial charge in [-0.25, -0.2) is 0 Å². The van der Waals surface area contributed by atoms with E-state index in [4.69, 9.17) is 0 Å². The summed E-state index contributed by atoms with van der Waals surface area (Å²) in [7, 11) is 0. The second kappa shape index (κ2) is 10.3. The summed E-state index contributed by atoms with van der Waals surface area (Å²) in [5.41, 5.74) is 10.2. The number of fused-ring (bicyclic) bond motifs is 8. The Kier molecular flexibility index (Phi) is 5.83. The van der Waals surface area contributed by atoms with Crippen LogP contribution < -0.4 is 10.4 Å². The molecule has 0 spiro atoms. The quantitative estimate of drug-likeness (QED) is 0.175. The molecule has 10 rings (SSSR count). The Morgan fingerprint density at radius 3 is 1.90 bits per heavy atom. The number of hydrogen-bond acceptors (Lipinski definition) is 0. The second-order valence-corrected chi connectivity index (χ2v) is 13.5. The molecule has 8 aromatic rings. The minimum absolute atomic E-state index is 0.172. The first-order valence-corrected chi connectivity index (χ1v) is 16.9. The Labute approximate surface area is 279 Å². The van der Waals surface area contributed by atoms with Crippen molar-refractivity contribution in [3.05, 3.63) is 197 Å². The first-order valence-electron chi connectivity index (χ1n) is 16.9. The molecule has 1 heteroatoms. The Balaban J connectivity index is 1.20. The summed E-state index contributed by atoms with van der Waals surface area (Å²) >= 11 is 0. The first kappa shape index (κ1) is 27.2. The normalized spacial score (nSPS) is 17.2. The third kappa shape index (κ3) is 3.85. The number of benzene rings is 7. The second-order valence-electron chi connectivity index (χ2n) is 13.5. The number of rotatable bonds is 3. The topological polar surface area (TPSA) is 4.93 Å². The van der Waals surface area contributed by atoms with E-state index >= 15 is 0 Å². The lowest BCUT2D eigenvalue weighted by molar-refractivity contribution is 0.547. The van der Waals surface area contributed by atoms with Crippen molar-refractivity contribution in [2.45, 2.75) is 13.3 Å². The molecule has 2 aliphatic carbocycles. The molecule has 2 aliphatic rings. The van der Waals surface area contributed by atoms with Crippen LogP contribution in [0.25, 0.3) is 60.2 Å². The molecule has 0 radical (unpaired) electrons. The highest BCUT2D eigenvalue weighted by atomic mass is 15.0. The lowest BCUT2D eigenvalue weighted by Crippen LogP contribution is -2.42. The molecule has 226 valence electrons. The summed E-state index contributed by atoms with van der Waals surface area (Å²) in [6, 6.07) is 56.1. The summed E-state index contributed by atoms with van der Waals surface area (Å²) in [5, 5.41) is 10.4. The average Bonchev–Trinajstić information content (AvgIpc) is 3.48. The third-order valence-electron chi connectivity index (χ3n) is 10.8. The molecule has 0 saturated heterocycles. The van der Waals surface area contributed by atoms with E-state index in [9.17, 15) is 0 Å². The zero-order valence-electron chi connectivity index (χ0n) is 26.8. The fourth-order valence-electron chi connectivity index (χ4n) is 8.65. The minimum Gasteiger partial charge on any atom is -0.309 e. The van der Waals surface area contributed by atoms with Crippen molar-refractivity contribution in [3.8, 4) is 5.69 Å². The summed E-state index contributed by atoms with van der Waals surface area (Å²) in [6.07, 6.45) is 7.92. The number of nitrogens with zero attached hydrogens (tertiary/aromatic N) is 1. The van der Waals surface area contributed by atoms with E-state index in [-0.39, 0.29) is 5.41 Å². The van der Waals surface area contributed by atoms with Gasteiger partial charge >= 0.3 is 0 Å². The van der Waals surface area contributed by atoms with Gasteiger partial charge in [-0.05, 0) is 96.6 Å². The zero-order valence-corrected chi connectivity index (χ0v) is 26.8. The Bertz CT molecular complexity index is 2750. The van der Waals surface area contributed by atoms with Gasteiger partial charge in [0, 0.05) is 21.9 Å². The summed E-state index contributed by atoms with van der Waals surface area (Å²) in [5.74, 6) is 0. The molecule has 1 heterocycles. The molecule has 0 saturated carbocycles. The standard InChI is InChI=1S/C47H33N/c1-47-29-11-10-18-42(47)45(32-23-26-35(27-24-32)48-43-19-8-6-14-38(43)39-15-7-9-20-44(39)48)40-16-4-5-17-41(40)46(47)34-25-28-37-33(30-34)22-21-31-12-2-3-13-36(31)37/h2-28,30H,29H2,1H3. The van der Waals surface area contributed by atoms with Crippen molar-refractivity contribution >= 4 is 54.5 Å². The number of para-hydroxylation sites is 2. The van der Waals surface area contributed by atoms with Gasteiger partial charge in [0.15, 0.2) is 0 Å². The predicted molar refractivity (Wildman–Crippen MR) is 203 cm³/mol. The van der Waals surface area contributed by atoms with Crippen LogP contribution in [0.5, 0.6) is 0 Å². The van der Waals surface area contributed by atoms with Crippen LogP contribution in [0, 0.1) is 5.41 Å². The largest absolute Gasteiger partial charge is 0.309 e. The van der Waals surface area contributed by atoms with Crippen LogP contribution in [0.4, 0.5) is 0 Å². The molecule has 1 nitrogen and oxygen atoms in total. The maximum absolute atomic E-state index is 2.45. The van der Waals surface area contributed by atoms with Gasteiger partial charge < -0.3 is 4.57 Å². The van der Waals surface area contributed by atoms with Crippen LogP contribution in [-0.4, -0.2) is 4.57 Å². The van der Waals surface area contributed by atoms with Gasteiger partial charge in [-0.2, -0.15) is 0 Å². The van der Waals surface area contributed by atoms with Gasteiger partial charge in [0.05, 0.1) is 11.0 Å². The smallest absolute Gasteiger partial charge is 0.0541 e. The Hall–Kier alpha value is -5.92. The van der Waals surface area contributed by atoms with Gasteiger partial charge in [0.1, 0.15) is 0 Å². The highest BCUT2D eigenvalue weighted by Gasteiger charge is 2.39. The SMILES string of the molecule is CC12CC=CC=C1C(c1ccc(-n3c4ccccc4c4ccccc43)cc1)=c1ccccc1=C2c1ccc2c(ccc3ccccc32)c1. The Morgan fingerprint density at radius 2 is 1.12 bits per heavy atom. The fourth-order valence-corrected chi connectivity index (χ4v) is 8.65. The molecule has 0 bridgehead atoms. The first-order chi connectivity index (χ1) is 23.7. The number of hydrogen-bond donors (Lipinski definition) is 0. The van der Waals surface area contributed by atoms with Crippen molar-refractivity contribution in [2.24, 2.45) is 5.41 Å². The summed E-state index contributed by atoms with van der Waals surface area (Å²) in [6.45, 7) is 2.45. The van der Waals surface area contributed by atoms with Crippen LogP contribution in [0.3, 0.4) is 0 Å². The molecule has 0 amide bonds. The maximum atomic E-state index is 2.45. The van der Waals surface area contributed by atoms with Crippen molar-refractivity contribution in [1.29, 1.82) is 0 Å². The van der Waals surface area contributed by atoms with Gasteiger partial charge in [0.2, 0.25) is 0 Å². The van der Waals surface area contributed by atoms with E-state index in [1.165, 1.54) is 87.3 Å². The van der Waals surface area contributed by atoms with Gasteiger partial charge in [-0.3, -0.25) is 0 Å². The summed E-state index contributed by atoms with van der Waals surface area (Å²) < 4.78 is 2.40. The van der Waals surface area contributed by atoms with Crippen molar-refractivity contribution in [2.75, 3.05) is 0 Å². The van der Waals surface area contributed by atoms with Crippen molar-refractivity contribution in [3.63, 3.8) is 0 Å². The van der Waals surface area contributed by atoms with Crippen LogP contribution in [0.1, 0.15) is 24.5 Å². The predicted octanol–water partition coefficient (Wildman–Crippen LogP) is 10.4. The average molecular weight is 612 g/mol. The van der Waals surface area contributed by atoms with Crippen LogP contribution >= 0.6 is 0 Å². The van der Waals surface area contributed by atoms with E-state index in [1.54, 1.807) is 0 Å². The third-order valence-corrected chi connectivity index (χ3v) is 10.8. The highest BCUT2D eigenvalue weighted by molar-refractivity contribution is 6.10. The lowest BCUT2D eigenvalue weighted by Gasteiger charge is -2.40. The monoisotopic (exact) mass is 611 g/mol. The lowest BCUT2D eigenvalue weighted by atomic mass is 9.62. The molecule has 1 atom stereocenters. The summed E-state index contributed by atoms with van der Waals surface area (Å²) in [4.78, 5) is 0. The molecule has 7 aromatic carbocycles. The zero-order chi connectivity index (χ0) is 31.8. The van der Waals surface area contributed by atoms with Crippen LogP contribution in [-0.2, 0) is 0 Å². The maximum Gasteiger partial charge on any atom is 0.0541 e. The Morgan fingerprint density at radius 1 is 0.521 bits per heavy atom. The molecule has 48 heavy (non-hydrogen) atoms. The number of aromatic nitrogens is 1. The van der Waals surface area contributed by atoms with Gasteiger partial charge in [-0.1, -0.05) is 146 Å². The fraction of sp³-hybridized carbons (Fsp3) is 0.0638. The van der Waals surface area contributed by atoms with Crippen LogP contribution in [0.15, 0.2) is 175 Å². The van der Waals surface area contributed by atoms with Gasteiger partial charge in [0.25, 0.3) is 0 Å².